The van der Waals surface area contributed by atoms with Crippen molar-refractivity contribution in [1.82, 2.24) is 15.1 Å². The van der Waals surface area contributed by atoms with E-state index in [1.54, 1.807) is 17.0 Å². The molecular formula is C16H20Cl3MnN3O2. The summed E-state index contributed by atoms with van der Waals surface area (Å²) in [5.74, 6) is 0.445. The minimum absolute atomic E-state index is 0. The zero-order chi connectivity index (χ0) is 17.5. The first-order chi connectivity index (χ1) is 11.5. The summed E-state index contributed by atoms with van der Waals surface area (Å²) in [4.78, 5) is 16.1. The SMILES string of the molecule is CCCN(CCOc1c(Cl)cc(Cl)cc1Cl)C(=O)CN1C=CNC1.[Mn]. The van der Waals surface area contributed by atoms with Crippen molar-refractivity contribution in [1.29, 1.82) is 0 Å². The fourth-order valence-corrected chi connectivity index (χ4v) is 3.25. The smallest absolute Gasteiger partial charge is 0.242 e. The number of rotatable bonds is 8. The summed E-state index contributed by atoms with van der Waals surface area (Å²) in [6, 6.07) is 3.15. The second-order valence-electron chi connectivity index (χ2n) is 5.35. The van der Waals surface area contributed by atoms with E-state index in [0.717, 1.165) is 6.42 Å². The minimum Gasteiger partial charge on any atom is -0.489 e. The van der Waals surface area contributed by atoms with Gasteiger partial charge in [0.05, 0.1) is 29.8 Å². The number of ether oxygens (including phenoxy) is 1. The van der Waals surface area contributed by atoms with Crippen LogP contribution in [0.15, 0.2) is 24.5 Å². The molecule has 1 aromatic rings. The Hall–Kier alpha value is -0.781. The van der Waals surface area contributed by atoms with E-state index in [1.165, 1.54) is 0 Å². The average Bonchev–Trinajstić information content (AvgIpc) is 3.01. The first-order valence-corrected chi connectivity index (χ1v) is 8.84. The van der Waals surface area contributed by atoms with Crippen LogP contribution < -0.4 is 10.1 Å². The normalized spacial score (nSPS) is 12.6. The first kappa shape index (κ1) is 22.3. The van der Waals surface area contributed by atoms with Crippen LogP contribution in [0.4, 0.5) is 0 Å². The van der Waals surface area contributed by atoms with E-state index in [-0.39, 0.29) is 23.0 Å². The van der Waals surface area contributed by atoms with Crippen LogP contribution in [0.1, 0.15) is 13.3 Å². The molecule has 25 heavy (non-hydrogen) atoms. The average molecular weight is 448 g/mol. The molecule has 5 nitrogen and oxygen atoms in total. The van der Waals surface area contributed by atoms with Gasteiger partial charge < -0.3 is 19.9 Å². The molecule has 1 heterocycles. The molecule has 9 heteroatoms. The largest absolute Gasteiger partial charge is 0.489 e. The number of hydrogen-bond acceptors (Lipinski definition) is 4. The Kier molecular flexibility index (Phi) is 9.83. The molecule has 0 aromatic heterocycles. The third kappa shape index (κ3) is 6.80. The van der Waals surface area contributed by atoms with Crippen molar-refractivity contribution >= 4 is 40.7 Å². The molecule has 1 N–H and O–H groups in total. The van der Waals surface area contributed by atoms with Crippen LogP contribution in [0.2, 0.25) is 15.1 Å². The van der Waals surface area contributed by atoms with Crippen LogP contribution >= 0.6 is 34.8 Å². The maximum atomic E-state index is 12.4. The summed E-state index contributed by atoms with van der Waals surface area (Å²) in [5.41, 5.74) is 0. The number of carbonyl (C=O) groups is 1. The molecular weight excluding hydrogens is 427 g/mol. The van der Waals surface area contributed by atoms with Crippen molar-refractivity contribution in [3.63, 3.8) is 0 Å². The molecule has 0 bridgehead atoms. The van der Waals surface area contributed by atoms with Crippen LogP contribution in [0.3, 0.4) is 0 Å². The van der Waals surface area contributed by atoms with Crippen molar-refractivity contribution in [2.75, 3.05) is 32.9 Å². The molecule has 139 valence electrons. The van der Waals surface area contributed by atoms with Crippen molar-refractivity contribution in [3.8, 4) is 5.75 Å². The molecule has 1 aliphatic rings. The Morgan fingerprint density at radius 3 is 2.52 bits per heavy atom. The van der Waals surface area contributed by atoms with E-state index in [0.29, 0.717) is 53.7 Å². The molecule has 0 unspecified atom stereocenters. The van der Waals surface area contributed by atoms with Crippen LogP contribution in [0.5, 0.6) is 5.75 Å². The van der Waals surface area contributed by atoms with Gasteiger partial charge in [-0.25, -0.2) is 0 Å². The molecule has 0 atom stereocenters. The molecule has 0 saturated heterocycles. The van der Waals surface area contributed by atoms with E-state index in [4.69, 9.17) is 39.5 Å². The number of nitrogens with one attached hydrogen (secondary N) is 1. The number of nitrogens with zero attached hydrogens (tertiary/aromatic N) is 2. The number of benzene rings is 1. The first-order valence-electron chi connectivity index (χ1n) is 7.70. The predicted octanol–water partition coefficient (Wildman–Crippen LogP) is 3.60. The third-order valence-corrected chi connectivity index (χ3v) is 4.23. The summed E-state index contributed by atoms with van der Waals surface area (Å²) in [7, 11) is 0. The number of carbonyl (C=O) groups excluding carboxylic acids is 1. The van der Waals surface area contributed by atoms with Gasteiger partial charge in [0, 0.05) is 41.0 Å². The molecule has 0 aliphatic carbocycles. The summed E-state index contributed by atoms with van der Waals surface area (Å²) in [6.07, 6.45) is 4.57. The summed E-state index contributed by atoms with van der Waals surface area (Å²) in [5, 5.41) is 4.20. The van der Waals surface area contributed by atoms with Gasteiger partial charge in [0.2, 0.25) is 5.91 Å². The maximum Gasteiger partial charge on any atom is 0.242 e. The van der Waals surface area contributed by atoms with Crippen LogP contribution in [0.25, 0.3) is 0 Å². The van der Waals surface area contributed by atoms with Crippen LogP contribution in [-0.2, 0) is 21.9 Å². The van der Waals surface area contributed by atoms with Gasteiger partial charge in [-0.05, 0) is 18.6 Å². The molecule has 1 radical (unpaired) electrons. The fourth-order valence-electron chi connectivity index (χ4n) is 2.32. The van der Waals surface area contributed by atoms with Gasteiger partial charge in [-0.15, -0.1) is 0 Å². The molecule has 0 spiro atoms. The number of halogens is 3. The van der Waals surface area contributed by atoms with E-state index < -0.39 is 0 Å². The Labute approximate surface area is 173 Å². The van der Waals surface area contributed by atoms with Crippen LogP contribution in [-0.4, -0.2) is 48.6 Å². The fraction of sp³-hybridized carbons (Fsp3) is 0.438. The Morgan fingerprint density at radius 1 is 1.28 bits per heavy atom. The van der Waals surface area contributed by atoms with E-state index in [9.17, 15) is 4.79 Å². The zero-order valence-corrected chi connectivity index (χ0v) is 17.2. The van der Waals surface area contributed by atoms with Gasteiger partial charge in [-0.2, -0.15) is 0 Å². The molecule has 2 rings (SSSR count). The van der Waals surface area contributed by atoms with Gasteiger partial charge >= 0.3 is 0 Å². The minimum atomic E-state index is 0. The monoisotopic (exact) mass is 446 g/mol. The topological polar surface area (TPSA) is 44.8 Å². The summed E-state index contributed by atoms with van der Waals surface area (Å²) < 4.78 is 5.66. The van der Waals surface area contributed by atoms with Gasteiger partial charge in [-0.3, -0.25) is 4.79 Å². The van der Waals surface area contributed by atoms with Gasteiger partial charge in [0.15, 0.2) is 5.75 Å². The van der Waals surface area contributed by atoms with Crippen LogP contribution in [0, 0.1) is 0 Å². The van der Waals surface area contributed by atoms with Crippen molar-refractivity contribution < 1.29 is 26.6 Å². The van der Waals surface area contributed by atoms with Gasteiger partial charge in [-0.1, -0.05) is 41.7 Å². The summed E-state index contributed by atoms with van der Waals surface area (Å²) >= 11 is 18.1. The van der Waals surface area contributed by atoms with Gasteiger partial charge in [0.1, 0.15) is 6.61 Å². The van der Waals surface area contributed by atoms with Crippen molar-refractivity contribution in [2.24, 2.45) is 0 Å². The standard InChI is InChI=1S/C16H20Cl3N3O2.Mn/c1-2-4-22(15(23)10-21-5-3-20-11-21)6-7-24-16-13(18)8-12(17)9-14(16)19;/h3,5,8-9,20H,2,4,6-7,10-11H2,1H3;. The Morgan fingerprint density at radius 2 is 1.96 bits per heavy atom. The van der Waals surface area contributed by atoms with E-state index in [1.807, 2.05) is 24.2 Å². The second kappa shape index (κ2) is 11.0. The molecule has 1 aliphatic heterocycles. The predicted molar refractivity (Wildman–Crippen MR) is 97.7 cm³/mol. The zero-order valence-electron chi connectivity index (χ0n) is 13.8. The quantitative estimate of drug-likeness (QED) is 0.619. The summed E-state index contributed by atoms with van der Waals surface area (Å²) in [6.45, 7) is 4.47. The molecule has 0 saturated carbocycles. The van der Waals surface area contributed by atoms with Crippen molar-refractivity contribution in [3.05, 3.63) is 39.6 Å². The second-order valence-corrected chi connectivity index (χ2v) is 6.60. The Balaban J connectivity index is 0.00000312. The third-order valence-electron chi connectivity index (χ3n) is 3.45. The van der Waals surface area contributed by atoms with E-state index >= 15 is 0 Å². The molecule has 1 aromatic carbocycles. The number of hydrogen-bond donors (Lipinski definition) is 1. The van der Waals surface area contributed by atoms with Crippen molar-refractivity contribution in [2.45, 2.75) is 13.3 Å². The maximum absolute atomic E-state index is 12.4. The Bertz CT molecular complexity index is 593. The molecule has 1 amide bonds. The van der Waals surface area contributed by atoms with E-state index in [2.05, 4.69) is 5.32 Å². The van der Waals surface area contributed by atoms with Gasteiger partial charge in [0.25, 0.3) is 0 Å². The molecule has 0 fully saturated rings. The number of amides is 1.